The van der Waals surface area contributed by atoms with Crippen molar-refractivity contribution in [3.05, 3.63) is 65.4 Å². The maximum atomic E-state index is 10.2. The summed E-state index contributed by atoms with van der Waals surface area (Å²) in [6, 6.07) is 16.2. The van der Waals surface area contributed by atoms with Gasteiger partial charge in [-0.3, -0.25) is 0 Å². The Morgan fingerprint density at radius 2 is 1.94 bits per heavy atom. The van der Waals surface area contributed by atoms with E-state index < -0.39 is 6.10 Å². The van der Waals surface area contributed by atoms with Gasteiger partial charge < -0.3 is 21.1 Å². The molecule has 0 bridgehead atoms. The number of rotatable bonds is 8. The fraction of sp³-hybridized carbons (Fsp3) is 0.423. The molecular formula is C26H34N4O. The Balaban J connectivity index is 1.59. The van der Waals surface area contributed by atoms with Crippen LogP contribution < -0.4 is 11.1 Å². The minimum absolute atomic E-state index is 0.436. The first-order valence-corrected chi connectivity index (χ1v) is 11.4. The molecule has 0 radical (unpaired) electrons. The van der Waals surface area contributed by atoms with Gasteiger partial charge in [0.1, 0.15) is 5.84 Å². The fourth-order valence-corrected chi connectivity index (χ4v) is 4.04. The standard InChI is InChI=1S/C26H34N4O/c1-3-25(31)21-8-4-6-19(14-21)20-7-5-9-22(15-20)29-26(27)23-17-30(2)13-12-24(23)28-16-18-10-11-18/h4-9,14-15,18,25,28,31H,3,10-13,16-17H2,1-2H3,(H2,27,29). The van der Waals surface area contributed by atoms with Crippen molar-refractivity contribution in [3.8, 4) is 11.1 Å². The van der Waals surface area contributed by atoms with Crippen LogP contribution >= 0.6 is 0 Å². The van der Waals surface area contributed by atoms with Crippen molar-refractivity contribution >= 4 is 11.5 Å². The van der Waals surface area contributed by atoms with Crippen LogP contribution in [0.2, 0.25) is 0 Å². The lowest BCUT2D eigenvalue weighted by molar-refractivity contribution is 0.174. The van der Waals surface area contributed by atoms with Crippen LogP contribution in [0.15, 0.2) is 64.8 Å². The Morgan fingerprint density at radius 1 is 1.19 bits per heavy atom. The molecule has 2 aliphatic rings. The van der Waals surface area contributed by atoms with E-state index >= 15 is 0 Å². The van der Waals surface area contributed by atoms with Gasteiger partial charge in [0.15, 0.2) is 0 Å². The second-order valence-corrected chi connectivity index (χ2v) is 8.87. The number of nitrogens with zero attached hydrogens (tertiary/aromatic N) is 2. The highest BCUT2D eigenvalue weighted by Crippen LogP contribution is 2.30. The quantitative estimate of drug-likeness (QED) is 0.439. The lowest BCUT2D eigenvalue weighted by Gasteiger charge is -2.28. The van der Waals surface area contributed by atoms with Crippen LogP contribution in [0.25, 0.3) is 11.1 Å². The van der Waals surface area contributed by atoms with Crippen LogP contribution in [-0.4, -0.2) is 42.5 Å². The smallest absolute Gasteiger partial charge is 0.130 e. The molecule has 31 heavy (non-hydrogen) atoms. The Hall–Kier alpha value is -2.63. The molecule has 1 fully saturated rings. The summed E-state index contributed by atoms with van der Waals surface area (Å²) in [5.74, 6) is 1.42. The normalized spacial score (nSPS) is 18.9. The second-order valence-electron chi connectivity index (χ2n) is 8.87. The third kappa shape index (κ3) is 5.54. The number of nitrogens with two attached hydrogens (primary N) is 1. The molecule has 1 saturated carbocycles. The summed E-state index contributed by atoms with van der Waals surface area (Å²) < 4.78 is 0. The highest BCUT2D eigenvalue weighted by Gasteiger charge is 2.24. The first-order valence-electron chi connectivity index (χ1n) is 11.4. The first-order chi connectivity index (χ1) is 15.0. The maximum Gasteiger partial charge on any atom is 0.130 e. The van der Waals surface area contributed by atoms with Gasteiger partial charge in [-0.1, -0.05) is 37.3 Å². The molecule has 1 aliphatic heterocycles. The molecule has 4 N–H and O–H groups in total. The van der Waals surface area contributed by atoms with Crippen LogP contribution in [0.5, 0.6) is 0 Å². The molecule has 5 heteroatoms. The molecule has 0 amide bonds. The Morgan fingerprint density at radius 3 is 2.68 bits per heavy atom. The zero-order valence-corrected chi connectivity index (χ0v) is 18.6. The molecule has 0 saturated heterocycles. The van der Waals surface area contributed by atoms with Crippen LogP contribution in [0.4, 0.5) is 5.69 Å². The summed E-state index contributed by atoms with van der Waals surface area (Å²) in [7, 11) is 2.13. The van der Waals surface area contributed by atoms with Crippen LogP contribution in [0.1, 0.15) is 44.3 Å². The number of aliphatic hydroxyl groups is 1. The van der Waals surface area contributed by atoms with E-state index in [2.05, 4.69) is 41.5 Å². The molecule has 164 valence electrons. The largest absolute Gasteiger partial charge is 0.388 e. The minimum Gasteiger partial charge on any atom is -0.388 e. The van der Waals surface area contributed by atoms with Crippen molar-refractivity contribution in [2.24, 2.45) is 16.6 Å². The van der Waals surface area contributed by atoms with E-state index in [1.165, 1.54) is 18.5 Å². The fourth-order valence-electron chi connectivity index (χ4n) is 4.04. The monoisotopic (exact) mass is 418 g/mol. The van der Waals surface area contributed by atoms with E-state index in [4.69, 9.17) is 10.7 Å². The zero-order valence-electron chi connectivity index (χ0n) is 18.6. The summed E-state index contributed by atoms with van der Waals surface area (Å²) in [5.41, 5.74) is 12.8. The number of hydrogen-bond donors (Lipinski definition) is 3. The van der Waals surface area contributed by atoms with E-state index in [0.717, 1.165) is 59.9 Å². The van der Waals surface area contributed by atoms with E-state index in [9.17, 15) is 5.11 Å². The number of benzene rings is 2. The van der Waals surface area contributed by atoms with Crippen LogP contribution in [0, 0.1) is 5.92 Å². The van der Waals surface area contributed by atoms with Gasteiger partial charge in [-0.2, -0.15) is 0 Å². The van der Waals surface area contributed by atoms with Crippen LogP contribution in [-0.2, 0) is 0 Å². The van der Waals surface area contributed by atoms with E-state index in [1.54, 1.807) is 0 Å². The summed E-state index contributed by atoms with van der Waals surface area (Å²) in [4.78, 5) is 7.08. The van der Waals surface area contributed by atoms with E-state index in [-0.39, 0.29) is 0 Å². The maximum absolute atomic E-state index is 10.2. The molecule has 4 rings (SSSR count). The number of amidine groups is 1. The van der Waals surface area contributed by atoms with Gasteiger partial charge in [0.05, 0.1) is 11.8 Å². The summed E-state index contributed by atoms with van der Waals surface area (Å²) in [6.07, 6.45) is 3.92. The molecule has 2 aromatic rings. The van der Waals surface area contributed by atoms with Crippen molar-refractivity contribution in [2.45, 2.75) is 38.7 Å². The van der Waals surface area contributed by atoms with Gasteiger partial charge in [-0.25, -0.2) is 4.99 Å². The predicted molar refractivity (Wildman–Crippen MR) is 128 cm³/mol. The molecule has 1 atom stereocenters. The highest BCUT2D eigenvalue weighted by molar-refractivity contribution is 5.99. The van der Waals surface area contributed by atoms with Gasteiger partial charge in [-0.05, 0) is 67.1 Å². The van der Waals surface area contributed by atoms with Crippen molar-refractivity contribution in [2.75, 3.05) is 26.7 Å². The van der Waals surface area contributed by atoms with Gasteiger partial charge in [0.2, 0.25) is 0 Å². The minimum atomic E-state index is -0.436. The Labute approximate surface area is 185 Å². The lowest BCUT2D eigenvalue weighted by Crippen LogP contribution is -2.37. The first kappa shape index (κ1) is 21.6. The lowest BCUT2D eigenvalue weighted by atomic mass is 9.99. The molecule has 1 heterocycles. The molecule has 0 spiro atoms. The third-order valence-corrected chi connectivity index (χ3v) is 6.23. The molecule has 1 unspecified atom stereocenters. The average Bonchev–Trinajstić information content (AvgIpc) is 3.62. The van der Waals surface area contributed by atoms with Crippen molar-refractivity contribution in [1.29, 1.82) is 0 Å². The number of nitrogens with one attached hydrogen (secondary N) is 1. The molecule has 5 nitrogen and oxygen atoms in total. The second kappa shape index (κ2) is 9.67. The number of aliphatic hydroxyl groups excluding tert-OH is 1. The zero-order chi connectivity index (χ0) is 21.8. The van der Waals surface area contributed by atoms with Crippen molar-refractivity contribution < 1.29 is 5.11 Å². The average molecular weight is 419 g/mol. The van der Waals surface area contributed by atoms with Crippen molar-refractivity contribution in [1.82, 2.24) is 10.2 Å². The van der Waals surface area contributed by atoms with Gasteiger partial charge in [0, 0.05) is 37.3 Å². The van der Waals surface area contributed by atoms with Crippen molar-refractivity contribution in [3.63, 3.8) is 0 Å². The van der Waals surface area contributed by atoms with Gasteiger partial charge in [0.25, 0.3) is 0 Å². The Bertz CT molecular complexity index is 977. The van der Waals surface area contributed by atoms with E-state index in [0.29, 0.717) is 12.3 Å². The van der Waals surface area contributed by atoms with E-state index in [1.807, 2.05) is 31.2 Å². The van der Waals surface area contributed by atoms with Gasteiger partial charge in [-0.15, -0.1) is 0 Å². The predicted octanol–water partition coefficient (Wildman–Crippen LogP) is 4.37. The summed E-state index contributed by atoms with van der Waals surface area (Å²) >= 11 is 0. The molecule has 2 aromatic carbocycles. The highest BCUT2D eigenvalue weighted by atomic mass is 16.3. The van der Waals surface area contributed by atoms with Gasteiger partial charge >= 0.3 is 0 Å². The molecule has 1 aliphatic carbocycles. The summed E-state index contributed by atoms with van der Waals surface area (Å²) in [5, 5.41) is 13.8. The summed E-state index contributed by atoms with van der Waals surface area (Å²) in [6.45, 7) is 4.89. The third-order valence-electron chi connectivity index (χ3n) is 6.23. The number of likely N-dealkylation sites (N-methyl/N-ethyl adjacent to an activating group) is 1. The SMILES string of the molecule is CCC(O)c1cccc(-c2cccc(N=C(N)C3=C(NCC4CC4)CCN(C)C3)c2)c1. The number of aliphatic imine (C=N–C) groups is 1. The van der Waals surface area contributed by atoms with Crippen LogP contribution in [0.3, 0.4) is 0 Å². The molecule has 0 aromatic heterocycles. The topological polar surface area (TPSA) is 73.9 Å². The number of hydrogen-bond acceptors (Lipinski definition) is 4. The molecular weight excluding hydrogens is 384 g/mol. The Kier molecular flexibility index (Phi) is 6.73.